The van der Waals surface area contributed by atoms with Gasteiger partial charge in [-0.15, -0.1) is 0 Å². The topological polar surface area (TPSA) is 12.0 Å². The summed E-state index contributed by atoms with van der Waals surface area (Å²) in [5.74, 6) is 0. The van der Waals surface area contributed by atoms with E-state index in [-0.39, 0.29) is 8.41 Å². The molecule has 1 nitrogen and oxygen atoms in total. The molecule has 3 radical (unpaired) electrons. The van der Waals surface area contributed by atoms with E-state index in [1.165, 1.54) is 121 Å². The summed E-state index contributed by atoms with van der Waals surface area (Å²) >= 11 is 0. The lowest BCUT2D eigenvalue weighted by Gasteiger charge is -2.05. The van der Waals surface area contributed by atoms with Crippen LogP contribution in [0, 0.1) is 0 Å². The van der Waals surface area contributed by atoms with E-state index in [1.807, 2.05) is 0 Å². The SMILES string of the molecule is CCCCCCCCCNCCCCCCCCCCc1ccccc1.[B]. The van der Waals surface area contributed by atoms with Gasteiger partial charge in [0, 0.05) is 8.41 Å². The van der Waals surface area contributed by atoms with Gasteiger partial charge in [-0.3, -0.25) is 0 Å². The molecule has 0 heterocycles. The average molecular weight is 370 g/mol. The molecule has 2 heteroatoms. The molecule has 0 spiro atoms. The first-order valence-electron chi connectivity index (χ1n) is 11.7. The van der Waals surface area contributed by atoms with Gasteiger partial charge in [0.2, 0.25) is 0 Å². The summed E-state index contributed by atoms with van der Waals surface area (Å²) in [6.45, 7) is 4.75. The van der Waals surface area contributed by atoms with Crippen molar-refractivity contribution in [1.82, 2.24) is 5.32 Å². The van der Waals surface area contributed by atoms with Crippen LogP contribution in [-0.4, -0.2) is 21.5 Å². The van der Waals surface area contributed by atoms with Gasteiger partial charge in [0.05, 0.1) is 0 Å². The first-order chi connectivity index (χ1) is 12.9. The fraction of sp³-hybridized carbons (Fsp3) is 0.760. The zero-order valence-electron chi connectivity index (χ0n) is 18.2. The summed E-state index contributed by atoms with van der Waals surface area (Å²) in [7, 11) is 0. The second kappa shape index (κ2) is 21.5. The normalized spacial score (nSPS) is 10.7. The van der Waals surface area contributed by atoms with Crippen LogP contribution in [-0.2, 0) is 6.42 Å². The van der Waals surface area contributed by atoms with Crippen LogP contribution in [0.3, 0.4) is 0 Å². The molecule has 0 saturated carbocycles. The Balaban J connectivity index is 0.00000676. The highest BCUT2D eigenvalue weighted by Gasteiger charge is 1.95. The molecule has 0 fully saturated rings. The van der Waals surface area contributed by atoms with E-state index in [0.29, 0.717) is 0 Å². The van der Waals surface area contributed by atoms with Crippen LogP contribution in [0.4, 0.5) is 0 Å². The first-order valence-corrected chi connectivity index (χ1v) is 11.7. The van der Waals surface area contributed by atoms with Crippen molar-refractivity contribution in [3.63, 3.8) is 0 Å². The van der Waals surface area contributed by atoms with Gasteiger partial charge < -0.3 is 5.32 Å². The Morgan fingerprint density at radius 3 is 1.52 bits per heavy atom. The maximum Gasteiger partial charge on any atom is 0 e. The smallest absolute Gasteiger partial charge is 0 e. The van der Waals surface area contributed by atoms with Crippen LogP contribution in [0.2, 0.25) is 0 Å². The largest absolute Gasteiger partial charge is 0.317 e. The lowest BCUT2D eigenvalue weighted by molar-refractivity contribution is 0.533. The molecular formula is C25H45BN. The average Bonchev–Trinajstić information content (AvgIpc) is 2.68. The molecule has 0 aliphatic rings. The summed E-state index contributed by atoms with van der Waals surface area (Å²) in [6.07, 6.45) is 22.4. The van der Waals surface area contributed by atoms with Gasteiger partial charge in [0.15, 0.2) is 0 Å². The van der Waals surface area contributed by atoms with Crippen molar-refractivity contribution in [2.75, 3.05) is 13.1 Å². The molecule has 0 unspecified atom stereocenters. The zero-order chi connectivity index (χ0) is 18.5. The Bertz CT molecular complexity index is 379. The van der Waals surface area contributed by atoms with Crippen LogP contribution < -0.4 is 5.32 Å². The third kappa shape index (κ3) is 18.4. The minimum atomic E-state index is 0. The van der Waals surface area contributed by atoms with Gasteiger partial charge in [-0.2, -0.15) is 0 Å². The molecule has 1 rings (SSSR count). The number of hydrogen-bond donors (Lipinski definition) is 1. The standard InChI is InChI=1S/C25H45N.B/c1-2-3-4-5-9-12-18-23-26-24-19-13-10-7-6-8-11-15-20-25-21-16-14-17-22-25;/h14,16-17,21-22,26H,2-13,15,18-20,23-24H2,1H3;. The van der Waals surface area contributed by atoms with Crippen molar-refractivity contribution < 1.29 is 0 Å². The van der Waals surface area contributed by atoms with Gasteiger partial charge in [-0.1, -0.05) is 114 Å². The Morgan fingerprint density at radius 2 is 1.00 bits per heavy atom. The second-order valence-electron chi connectivity index (χ2n) is 7.94. The molecule has 0 saturated heterocycles. The molecule has 0 bridgehead atoms. The van der Waals surface area contributed by atoms with Crippen LogP contribution in [0.25, 0.3) is 0 Å². The van der Waals surface area contributed by atoms with Crippen molar-refractivity contribution in [1.29, 1.82) is 0 Å². The second-order valence-corrected chi connectivity index (χ2v) is 7.94. The van der Waals surface area contributed by atoms with Crippen molar-refractivity contribution >= 4 is 8.41 Å². The Kier molecular flexibility index (Phi) is 20.9. The van der Waals surface area contributed by atoms with E-state index in [2.05, 4.69) is 42.6 Å². The van der Waals surface area contributed by atoms with Crippen LogP contribution in [0.15, 0.2) is 30.3 Å². The van der Waals surface area contributed by atoms with Crippen LogP contribution in [0.5, 0.6) is 0 Å². The minimum absolute atomic E-state index is 0. The van der Waals surface area contributed by atoms with Crippen LogP contribution in [0.1, 0.15) is 109 Å². The molecule has 153 valence electrons. The van der Waals surface area contributed by atoms with Crippen molar-refractivity contribution in [3.05, 3.63) is 35.9 Å². The maximum atomic E-state index is 3.62. The molecule has 0 amide bonds. The number of nitrogens with one attached hydrogen (secondary N) is 1. The molecule has 0 aromatic heterocycles. The minimum Gasteiger partial charge on any atom is -0.317 e. The van der Waals surface area contributed by atoms with E-state index in [0.717, 1.165) is 0 Å². The number of unbranched alkanes of at least 4 members (excludes halogenated alkanes) is 13. The molecule has 0 atom stereocenters. The molecule has 0 aliphatic carbocycles. The molecule has 1 aromatic rings. The summed E-state index contributed by atoms with van der Waals surface area (Å²) in [6, 6.07) is 10.9. The Hall–Kier alpha value is -0.755. The van der Waals surface area contributed by atoms with Gasteiger partial charge in [-0.25, -0.2) is 0 Å². The molecule has 0 aliphatic heterocycles. The number of hydrogen-bond acceptors (Lipinski definition) is 1. The van der Waals surface area contributed by atoms with Gasteiger partial charge in [0.25, 0.3) is 0 Å². The first kappa shape index (κ1) is 26.2. The lowest BCUT2D eigenvalue weighted by Crippen LogP contribution is -2.16. The molecular weight excluding hydrogens is 325 g/mol. The summed E-state index contributed by atoms with van der Waals surface area (Å²) < 4.78 is 0. The highest BCUT2D eigenvalue weighted by molar-refractivity contribution is 5.75. The Morgan fingerprint density at radius 1 is 0.556 bits per heavy atom. The molecule has 1 aromatic carbocycles. The monoisotopic (exact) mass is 370 g/mol. The molecule has 1 N–H and O–H groups in total. The zero-order valence-corrected chi connectivity index (χ0v) is 18.2. The van der Waals surface area contributed by atoms with Crippen molar-refractivity contribution in [2.45, 2.75) is 110 Å². The predicted octanol–water partition coefficient (Wildman–Crippen LogP) is 7.31. The third-order valence-corrected chi connectivity index (χ3v) is 5.37. The fourth-order valence-corrected chi connectivity index (χ4v) is 3.62. The summed E-state index contributed by atoms with van der Waals surface area (Å²) in [5, 5.41) is 3.62. The third-order valence-electron chi connectivity index (χ3n) is 5.37. The fourth-order valence-electron chi connectivity index (χ4n) is 3.62. The van der Waals surface area contributed by atoms with Gasteiger partial charge >= 0.3 is 0 Å². The van der Waals surface area contributed by atoms with Gasteiger partial charge in [0.1, 0.15) is 0 Å². The number of aryl methyl sites for hydroxylation is 1. The van der Waals surface area contributed by atoms with Crippen molar-refractivity contribution in [2.24, 2.45) is 0 Å². The van der Waals surface area contributed by atoms with E-state index in [1.54, 1.807) is 0 Å². The molecule has 27 heavy (non-hydrogen) atoms. The van der Waals surface area contributed by atoms with E-state index < -0.39 is 0 Å². The number of rotatable bonds is 19. The Labute approximate surface area is 172 Å². The number of benzene rings is 1. The quantitative estimate of drug-likeness (QED) is 0.199. The van der Waals surface area contributed by atoms with E-state index in [4.69, 9.17) is 0 Å². The van der Waals surface area contributed by atoms with E-state index >= 15 is 0 Å². The summed E-state index contributed by atoms with van der Waals surface area (Å²) in [5.41, 5.74) is 1.50. The van der Waals surface area contributed by atoms with E-state index in [9.17, 15) is 0 Å². The van der Waals surface area contributed by atoms with Gasteiger partial charge in [-0.05, 0) is 44.3 Å². The summed E-state index contributed by atoms with van der Waals surface area (Å²) in [4.78, 5) is 0. The van der Waals surface area contributed by atoms with Crippen molar-refractivity contribution in [3.8, 4) is 0 Å². The van der Waals surface area contributed by atoms with Crippen LogP contribution >= 0.6 is 0 Å². The highest BCUT2D eigenvalue weighted by Crippen LogP contribution is 2.11. The maximum absolute atomic E-state index is 3.62. The highest BCUT2D eigenvalue weighted by atomic mass is 14.8. The lowest BCUT2D eigenvalue weighted by atomic mass is 10.0. The predicted molar refractivity (Wildman–Crippen MR) is 124 cm³/mol.